The van der Waals surface area contributed by atoms with Gasteiger partial charge in [-0.05, 0) is 26.3 Å². The zero-order valence-electron chi connectivity index (χ0n) is 14.9. The summed E-state index contributed by atoms with van der Waals surface area (Å²) in [5, 5.41) is 8.64. The van der Waals surface area contributed by atoms with Crippen LogP contribution >= 0.6 is 11.8 Å². The Morgan fingerprint density at radius 3 is 2.33 bits per heavy atom. The molecule has 0 saturated carbocycles. The van der Waals surface area contributed by atoms with Gasteiger partial charge in [-0.15, -0.1) is 10.2 Å². The largest absolute Gasteiger partial charge is 0.355 e. The van der Waals surface area contributed by atoms with E-state index in [-0.39, 0.29) is 22.7 Å². The number of aromatic nitrogens is 4. The quantitative estimate of drug-likeness (QED) is 0.488. The minimum Gasteiger partial charge on any atom is -0.355 e. The molecule has 0 saturated heterocycles. The standard InChI is InChI=1S/C16H23N5O2S/c1-8-12(10(3)22)9(2)18-13(8)11(23)7-24-15-20-19-14(21(15)17)16(4,5)6/h18H,7,17H2,1-6H3. The van der Waals surface area contributed by atoms with E-state index >= 15 is 0 Å². The van der Waals surface area contributed by atoms with Gasteiger partial charge in [-0.2, -0.15) is 0 Å². The number of Topliss-reactive ketones (excluding diaryl/α,β-unsaturated/α-hetero) is 2. The Bertz CT molecular complexity index is 798. The maximum absolute atomic E-state index is 12.5. The molecule has 0 aliphatic rings. The van der Waals surface area contributed by atoms with Crippen molar-refractivity contribution in [2.75, 3.05) is 11.6 Å². The molecule has 0 spiro atoms. The molecule has 2 heterocycles. The lowest BCUT2D eigenvalue weighted by atomic mass is 9.96. The highest BCUT2D eigenvalue weighted by molar-refractivity contribution is 7.99. The van der Waals surface area contributed by atoms with E-state index in [4.69, 9.17) is 5.84 Å². The molecule has 7 nitrogen and oxygen atoms in total. The number of H-pyrrole nitrogens is 1. The summed E-state index contributed by atoms with van der Waals surface area (Å²) in [6, 6.07) is 0. The van der Waals surface area contributed by atoms with Gasteiger partial charge in [0.25, 0.3) is 0 Å². The second kappa shape index (κ2) is 6.43. The number of carbonyl (C=O) groups is 2. The van der Waals surface area contributed by atoms with Crippen LogP contribution in [-0.2, 0) is 5.41 Å². The average molecular weight is 349 g/mol. The first-order valence-electron chi connectivity index (χ1n) is 7.61. The molecule has 0 amide bonds. The fourth-order valence-electron chi connectivity index (χ4n) is 2.65. The van der Waals surface area contributed by atoms with Gasteiger partial charge >= 0.3 is 0 Å². The van der Waals surface area contributed by atoms with E-state index < -0.39 is 0 Å². The smallest absolute Gasteiger partial charge is 0.210 e. The number of carbonyl (C=O) groups excluding carboxylic acids is 2. The molecule has 130 valence electrons. The Hall–Kier alpha value is -2.09. The van der Waals surface area contributed by atoms with Crippen LogP contribution in [0.5, 0.6) is 0 Å². The Morgan fingerprint density at radius 1 is 1.25 bits per heavy atom. The summed E-state index contributed by atoms with van der Waals surface area (Å²) < 4.78 is 1.42. The van der Waals surface area contributed by atoms with E-state index in [2.05, 4.69) is 15.2 Å². The van der Waals surface area contributed by atoms with Crippen molar-refractivity contribution in [3.05, 3.63) is 28.3 Å². The summed E-state index contributed by atoms with van der Waals surface area (Å²) in [7, 11) is 0. The number of thioether (sulfide) groups is 1. The SMILES string of the molecule is CC(=O)c1c(C)[nH]c(C(=O)CSc2nnc(C(C)(C)C)n2N)c1C. The zero-order chi connectivity index (χ0) is 18.2. The Kier molecular flexibility index (Phi) is 4.89. The van der Waals surface area contributed by atoms with Crippen LogP contribution in [-0.4, -0.2) is 37.2 Å². The van der Waals surface area contributed by atoms with E-state index in [9.17, 15) is 9.59 Å². The zero-order valence-corrected chi connectivity index (χ0v) is 15.7. The molecule has 2 rings (SSSR count). The van der Waals surface area contributed by atoms with Crippen LogP contribution in [0.3, 0.4) is 0 Å². The Labute approximate surface area is 145 Å². The lowest BCUT2D eigenvalue weighted by molar-refractivity contribution is 0.101. The van der Waals surface area contributed by atoms with Gasteiger partial charge < -0.3 is 10.8 Å². The number of nitrogens with one attached hydrogen (secondary N) is 1. The number of hydrogen-bond donors (Lipinski definition) is 2. The molecule has 8 heteroatoms. The van der Waals surface area contributed by atoms with Crippen molar-refractivity contribution >= 4 is 23.3 Å². The van der Waals surface area contributed by atoms with Crippen LogP contribution in [0.15, 0.2) is 5.16 Å². The molecule has 0 aliphatic heterocycles. The molecule has 24 heavy (non-hydrogen) atoms. The fourth-order valence-corrected chi connectivity index (χ4v) is 3.37. The van der Waals surface area contributed by atoms with Crippen molar-refractivity contribution < 1.29 is 9.59 Å². The maximum atomic E-state index is 12.5. The topological polar surface area (TPSA) is 107 Å². The van der Waals surface area contributed by atoms with Gasteiger partial charge in [0.05, 0.1) is 11.4 Å². The van der Waals surface area contributed by atoms with Crippen molar-refractivity contribution in [2.45, 2.75) is 52.1 Å². The normalized spacial score (nSPS) is 11.8. The van der Waals surface area contributed by atoms with Gasteiger partial charge in [0.2, 0.25) is 5.16 Å². The van der Waals surface area contributed by atoms with E-state index in [1.807, 2.05) is 20.8 Å². The summed E-state index contributed by atoms with van der Waals surface area (Å²) >= 11 is 1.23. The second-order valence-corrected chi connectivity index (χ2v) is 7.76. The van der Waals surface area contributed by atoms with Gasteiger partial charge in [-0.3, -0.25) is 9.59 Å². The van der Waals surface area contributed by atoms with E-state index in [1.165, 1.54) is 23.4 Å². The number of hydrogen-bond acceptors (Lipinski definition) is 6. The molecule has 0 radical (unpaired) electrons. The van der Waals surface area contributed by atoms with Gasteiger partial charge in [-0.25, -0.2) is 4.68 Å². The van der Waals surface area contributed by atoms with E-state index in [0.29, 0.717) is 33.5 Å². The first-order chi connectivity index (χ1) is 11.0. The molecule has 2 aromatic heterocycles. The van der Waals surface area contributed by atoms with Gasteiger partial charge in [0, 0.05) is 16.7 Å². The predicted molar refractivity (Wildman–Crippen MR) is 94.2 cm³/mol. The lowest BCUT2D eigenvalue weighted by Gasteiger charge is -2.16. The van der Waals surface area contributed by atoms with Gasteiger partial charge in [0.1, 0.15) is 0 Å². The fraction of sp³-hybridized carbons (Fsp3) is 0.500. The first kappa shape index (κ1) is 18.3. The number of nitrogens with two attached hydrogens (primary N) is 1. The molecule has 0 fully saturated rings. The number of aryl methyl sites for hydroxylation is 1. The number of ketones is 2. The number of aromatic amines is 1. The average Bonchev–Trinajstić information content (AvgIpc) is 2.96. The molecule has 0 aromatic carbocycles. The lowest BCUT2D eigenvalue weighted by Crippen LogP contribution is -2.24. The third-order valence-corrected chi connectivity index (χ3v) is 4.68. The van der Waals surface area contributed by atoms with Crippen LogP contribution in [0.4, 0.5) is 0 Å². The first-order valence-corrected chi connectivity index (χ1v) is 8.59. The molecule has 0 atom stereocenters. The third kappa shape index (κ3) is 3.38. The van der Waals surface area contributed by atoms with Crippen LogP contribution in [0.25, 0.3) is 0 Å². The molecule has 2 aromatic rings. The highest BCUT2D eigenvalue weighted by Crippen LogP contribution is 2.25. The van der Waals surface area contributed by atoms with Crippen LogP contribution in [0.1, 0.15) is 65.6 Å². The highest BCUT2D eigenvalue weighted by Gasteiger charge is 2.24. The predicted octanol–water partition coefficient (Wildman–Crippen LogP) is 2.41. The van der Waals surface area contributed by atoms with Crippen molar-refractivity contribution in [3.63, 3.8) is 0 Å². The van der Waals surface area contributed by atoms with Crippen molar-refractivity contribution in [1.82, 2.24) is 19.9 Å². The van der Waals surface area contributed by atoms with Gasteiger partial charge in [-0.1, -0.05) is 32.5 Å². The minimum atomic E-state index is -0.228. The Balaban J connectivity index is 2.17. The van der Waals surface area contributed by atoms with Crippen molar-refractivity contribution in [2.24, 2.45) is 0 Å². The van der Waals surface area contributed by atoms with Crippen LogP contribution in [0.2, 0.25) is 0 Å². The van der Waals surface area contributed by atoms with Crippen molar-refractivity contribution in [1.29, 1.82) is 0 Å². The summed E-state index contributed by atoms with van der Waals surface area (Å²) in [6.45, 7) is 11.1. The number of rotatable bonds is 5. The summed E-state index contributed by atoms with van der Waals surface area (Å²) in [4.78, 5) is 27.2. The molecular weight excluding hydrogens is 326 g/mol. The van der Waals surface area contributed by atoms with Crippen LogP contribution in [0, 0.1) is 13.8 Å². The monoisotopic (exact) mass is 349 g/mol. The van der Waals surface area contributed by atoms with Gasteiger partial charge in [0.15, 0.2) is 17.4 Å². The third-order valence-electron chi connectivity index (χ3n) is 3.74. The highest BCUT2D eigenvalue weighted by atomic mass is 32.2. The Morgan fingerprint density at radius 2 is 1.88 bits per heavy atom. The molecular formula is C16H23N5O2S. The van der Waals surface area contributed by atoms with Crippen LogP contribution < -0.4 is 5.84 Å². The minimum absolute atomic E-state index is 0.0514. The van der Waals surface area contributed by atoms with E-state index in [1.54, 1.807) is 13.8 Å². The number of nitrogen functional groups attached to an aromatic ring is 1. The second-order valence-electron chi connectivity index (χ2n) is 6.82. The summed E-state index contributed by atoms with van der Waals surface area (Å²) in [5.41, 5.74) is 2.22. The molecule has 0 bridgehead atoms. The molecule has 3 N–H and O–H groups in total. The summed E-state index contributed by atoms with van der Waals surface area (Å²) in [5.74, 6) is 6.68. The maximum Gasteiger partial charge on any atom is 0.210 e. The molecule has 0 unspecified atom stereocenters. The molecule has 0 aliphatic carbocycles. The van der Waals surface area contributed by atoms with E-state index in [0.717, 1.165) is 0 Å². The van der Waals surface area contributed by atoms with Crippen molar-refractivity contribution in [3.8, 4) is 0 Å². The number of nitrogens with zero attached hydrogens (tertiary/aromatic N) is 3. The summed E-state index contributed by atoms with van der Waals surface area (Å²) in [6.07, 6.45) is 0.